The van der Waals surface area contributed by atoms with Crippen LogP contribution in [0.25, 0.3) is 0 Å². The molecule has 4 nitrogen and oxygen atoms in total. The van der Waals surface area contributed by atoms with Crippen LogP contribution in [0.4, 0.5) is 5.69 Å². The van der Waals surface area contributed by atoms with Crippen molar-refractivity contribution in [1.29, 1.82) is 0 Å². The first kappa shape index (κ1) is 12.0. The van der Waals surface area contributed by atoms with E-state index in [2.05, 4.69) is 10.3 Å². The van der Waals surface area contributed by atoms with E-state index in [-0.39, 0.29) is 0 Å². The van der Waals surface area contributed by atoms with E-state index in [0.717, 1.165) is 5.69 Å². The lowest BCUT2D eigenvalue weighted by molar-refractivity contribution is 0.398. The molecule has 1 rings (SSSR count). The number of nitrogens with zero attached hydrogens (tertiary/aromatic N) is 1. The van der Waals surface area contributed by atoms with Crippen LogP contribution in [0.15, 0.2) is 18.3 Å². The van der Waals surface area contributed by atoms with Gasteiger partial charge in [-0.1, -0.05) is 6.92 Å². The number of rotatable bonds is 6. The highest BCUT2D eigenvalue weighted by molar-refractivity contribution is 7.84. The zero-order chi connectivity index (χ0) is 11.1. The average Bonchev–Trinajstić information content (AvgIpc) is 2.29. The Hall–Kier alpha value is -1.10. The van der Waals surface area contributed by atoms with Crippen LogP contribution in [0.5, 0.6) is 5.88 Å². The predicted molar refractivity (Wildman–Crippen MR) is 62.8 cm³/mol. The molecule has 0 amide bonds. The molecule has 0 aliphatic rings. The van der Waals surface area contributed by atoms with Crippen LogP contribution in [0, 0.1) is 0 Å². The number of nitrogens with one attached hydrogen (secondary N) is 1. The van der Waals surface area contributed by atoms with Gasteiger partial charge in [-0.3, -0.25) is 4.21 Å². The van der Waals surface area contributed by atoms with Crippen molar-refractivity contribution in [3.05, 3.63) is 18.3 Å². The van der Waals surface area contributed by atoms with Gasteiger partial charge >= 0.3 is 0 Å². The zero-order valence-electron chi connectivity index (χ0n) is 9.03. The lowest BCUT2D eigenvalue weighted by Gasteiger charge is -2.06. The fraction of sp³-hybridized carbons (Fsp3) is 0.500. The standard InChI is InChI=1S/C10H16N2O2S/c1-3-15(13)7-6-11-9-4-5-12-10(8-9)14-2/h4-5,8H,3,6-7H2,1-2H3,(H,11,12). The summed E-state index contributed by atoms with van der Waals surface area (Å²) in [7, 11) is 0.864. The Morgan fingerprint density at radius 1 is 1.60 bits per heavy atom. The average molecular weight is 228 g/mol. The number of methoxy groups -OCH3 is 1. The van der Waals surface area contributed by atoms with Crippen LogP contribution < -0.4 is 10.1 Å². The fourth-order valence-electron chi connectivity index (χ4n) is 1.08. The number of hydrogen-bond acceptors (Lipinski definition) is 4. The van der Waals surface area contributed by atoms with Crippen LogP contribution in [-0.4, -0.2) is 34.4 Å². The largest absolute Gasteiger partial charge is 0.481 e. The van der Waals surface area contributed by atoms with Crippen LogP contribution >= 0.6 is 0 Å². The third-order valence-corrected chi connectivity index (χ3v) is 3.23. The lowest BCUT2D eigenvalue weighted by atomic mass is 10.4. The maximum absolute atomic E-state index is 11.2. The van der Waals surface area contributed by atoms with Gasteiger partial charge < -0.3 is 10.1 Å². The second kappa shape index (κ2) is 6.40. The van der Waals surface area contributed by atoms with Crippen molar-refractivity contribution in [2.24, 2.45) is 0 Å². The van der Waals surface area contributed by atoms with Gasteiger partial charge in [-0.2, -0.15) is 0 Å². The van der Waals surface area contributed by atoms with Gasteiger partial charge in [0.25, 0.3) is 0 Å². The molecule has 1 heterocycles. The summed E-state index contributed by atoms with van der Waals surface area (Å²) in [6.07, 6.45) is 1.68. The number of anilines is 1. The summed E-state index contributed by atoms with van der Waals surface area (Å²) in [4.78, 5) is 4.00. The minimum absolute atomic E-state index is 0.580. The molecule has 1 aromatic rings. The van der Waals surface area contributed by atoms with Crippen molar-refractivity contribution in [1.82, 2.24) is 4.98 Å². The smallest absolute Gasteiger partial charge is 0.214 e. The second-order valence-electron chi connectivity index (χ2n) is 2.95. The molecule has 0 aliphatic heterocycles. The molecule has 0 bridgehead atoms. The Morgan fingerprint density at radius 2 is 2.40 bits per heavy atom. The topological polar surface area (TPSA) is 51.2 Å². The summed E-state index contributed by atoms with van der Waals surface area (Å²) >= 11 is 0. The molecular weight excluding hydrogens is 212 g/mol. The SMILES string of the molecule is CCS(=O)CCNc1ccnc(OC)c1. The maximum Gasteiger partial charge on any atom is 0.214 e. The summed E-state index contributed by atoms with van der Waals surface area (Å²) in [6.45, 7) is 2.62. The molecule has 0 saturated heterocycles. The predicted octanol–water partition coefficient (Wildman–Crippen LogP) is 1.27. The Balaban J connectivity index is 2.40. The van der Waals surface area contributed by atoms with E-state index in [1.807, 2.05) is 19.1 Å². The zero-order valence-corrected chi connectivity index (χ0v) is 9.84. The van der Waals surface area contributed by atoms with Gasteiger partial charge in [0.15, 0.2) is 0 Å². The summed E-state index contributed by atoms with van der Waals surface area (Å²) in [5.41, 5.74) is 0.940. The van der Waals surface area contributed by atoms with Gasteiger partial charge in [-0.05, 0) is 6.07 Å². The van der Waals surface area contributed by atoms with E-state index < -0.39 is 10.8 Å². The van der Waals surface area contributed by atoms with Crippen LogP contribution in [0.3, 0.4) is 0 Å². The molecule has 15 heavy (non-hydrogen) atoms. The maximum atomic E-state index is 11.2. The van der Waals surface area contributed by atoms with E-state index >= 15 is 0 Å². The number of pyridine rings is 1. The van der Waals surface area contributed by atoms with Gasteiger partial charge in [0.2, 0.25) is 5.88 Å². The van der Waals surface area contributed by atoms with Gasteiger partial charge in [-0.25, -0.2) is 4.98 Å². The molecule has 1 unspecified atom stereocenters. The second-order valence-corrected chi connectivity index (χ2v) is 4.81. The minimum Gasteiger partial charge on any atom is -0.481 e. The Labute approximate surface area is 92.5 Å². The normalized spacial score (nSPS) is 12.1. The van der Waals surface area contributed by atoms with Crippen molar-refractivity contribution >= 4 is 16.5 Å². The Morgan fingerprint density at radius 3 is 3.07 bits per heavy atom. The third-order valence-electron chi connectivity index (χ3n) is 1.92. The molecule has 5 heteroatoms. The molecular formula is C10H16N2O2S. The van der Waals surface area contributed by atoms with Gasteiger partial charge in [0, 0.05) is 46.8 Å². The highest BCUT2D eigenvalue weighted by Gasteiger charge is 1.98. The quantitative estimate of drug-likeness (QED) is 0.796. The summed E-state index contributed by atoms with van der Waals surface area (Å²) in [5.74, 6) is 1.96. The van der Waals surface area contributed by atoms with E-state index in [0.29, 0.717) is 23.9 Å². The van der Waals surface area contributed by atoms with Crippen molar-refractivity contribution in [3.63, 3.8) is 0 Å². The molecule has 0 fully saturated rings. The van der Waals surface area contributed by atoms with Crippen molar-refractivity contribution in [3.8, 4) is 5.88 Å². The minimum atomic E-state index is -0.717. The number of aromatic nitrogens is 1. The van der Waals surface area contributed by atoms with Crippen molar-refractivity contribution < 1.29 is 8.95 Å². The fourth-order valence-corrected chi connectivity index (χ4v) is 1.70. The molecule has 84 valence electrons. The van der Waals surface area contributed by atoms with Crippen LogP contribution in [0.1, 0.15) is 6.92 Å². The van der Waals surface area contributed by atoms with E-state index in [9.17, 15) is 4.21 Å². The first-order valence-electron chi connectivity index (χ1n) is 4.85. The molecule has 0 aliphatic carbocycles. The Bertz CT molecular complexity index is 331. The Kier molecular flexibility index (Phi) is 5.10. The van der Waals surface area contributed by atoms with Crippen LogP contribution in [0.2, 0.25) is 0 Å². The highest BCUT2D eigenvalue weighted by atomic mass is 32.2. The molecule has 0 aromatic carbocycles. The summed E-state index contributed by atoms with van der Waals surface area (Å²) in [5, 5.41) is 3.17. The van der Waals surface area contributed by atoms with Gasteiger partial charge in [0.05, 0.1) is 7.11 Å². The molecule has 1 aromatic heterocycles. The summed E-state index contributed by atoms with van der Waals surface area (Å²) < 4.78 is 16.2. The van der Waals surface area contributed by atoms with E-state index in [1.54, 1.807) is 13.3 Å². The monoisotopic (exact) mass is 228 g/mol. The van der Waals surface area contributed by atoms with Crippen LogP contribution in [-0.2, 0) is 10.8 Å². The molecule has 0 saturated carbocycles. The first-order valence-corrected chi connectivity index (χ1v) is 6.34. The van der Waals surface area contributed by atoms with Crippen molar-refractivity contribution in [2.75, 3.05) is 30.5 Å². The van der Waals surface area contributed by atoms with Crippen molar-refractivity contribution in [2.45, 2.75) is 6.92 Å². The molecule has 0 radical (unpaired) electrons. The number of ether oxygens (including phenoxy) is 1. The third kappa shape index (κ3) is 4.29. The molecule has 1 N–H and O–H groups in total. The highest BCUT2D eigenvalue weighted by Crippen LogP contribution is 2.12. The van der Waals surface area contributed by atoms with E-state index in [4.69, 9.17) is 4.74 Å². The van der Waals surface area contributed by atoms with E-state index in [1.165, 1.54) is 0 Å². The molecule has 0 spiro atoms. The molecule has 1 atom stereocenters. The summed E-state index contributed by atoms with van der Waals surface area (Å²) in [6, 6.07) is 3.67. The van der Waals surface area contributed by atoms with Gasteiger partial charge in [0.1, 0.15) is 0 Å². The first-order chi connectivity index (χ1) is 7.26. The van der Waals surface area contributed by atoms with Gasteiger partial charge in [-0.15, -0.1) is 0 Å². The number of hydrogen-bond donors (Lipinski definition) is 1. The lowest BCUT2D eigenvalue weighted by Crippen LogP contribution is -2.11.